The van der Waals surface area contributed by atoms with E-state index in [1.165, 1.54) is 295 Å². The molecule has 63 heavy (non-hydrogen) atoms. The van der Waals surface area contributed by atoms with Gasteiger partial charge >= 0.3 is 7.75 Å². The first-order valence-corrected chi connectivity index (χ1v) is 31.3. The highest BCUT2D eigenvalue weighted by Crippen LogP contribution is 2.47. The van der Waals surface area contributed by atoms with Crippen molar-refractivity contribution >= 4 is 7.75 Å². The van der Waals surface area contributed by atoms with Crippen LogP contribution in [-0.2, 0) is 9.09 Å². The Balaban J connectivity index is 3.68. The van der Waals surface area contributed by atoms with Gasteiger partial charge in [-0.2, -0.15) is 0 Å². The molecule has 0 fully saturated rings. The Morgan fingerprint density at radius 2 is 0.429 bits per heavy atom. The molecule has 0 rings (SSSR count). The molecule has 0 heterocycles. The van der Waals surface area contributed by atoms with E-state index in [0.29, 0.717) is 19.7 Å². The number of hydrogen-bond acceptors (Lipinski definition) is 2. The van der Waals surface area contributed by atoms with Gasteiger partial charge in [0.15, 0.2) is 0 Å². The molecule has 0 saturated carbocycles. The van der Waals surface area contributed by atoms with Gasteiger partial charge in [-0.3, -0.25) is 4.52 Å². The summed E-state index contributed by atoms with van der Waals surface area (Å²) in [6.45, 7) is 8.49. The molecule has 0 aliphatic rings. The van der Waals surface area contributed by atoms with Gasteiger partial charge in [0.05, 0.1) is 6.61 Å². The third-order valence-electron chi connectivity index (χ3n) is 14.2. The summed E-state index contributed by atoms with van der Waals surface area (Å²) in [4.78, 5) is 10.8. The van der Waals surface area contributed by atoms with Gasteiger partial charge in [-0.15, -0.1) is 0 Å². The summed E-state index contributed by atoms with van der Waals surface area (Å²) in [5.74, 6) is 0. The van der Waals surface area contributed by atoms with Crippen molar-refractivity contribution in [2.45, 2.75) is 355 Å². The van der Waals surface area contributed by atoms with Gasteiger partial charge in [-0.05, 0) is 19.3 Å². The van der Waals surface area contributed by atoms with Crippen molar-refractivity contribution in [3.63, 3.8) is 0 Å². The molecule has 0 amide bonds. The van der Waals surface area contributed by atoms with Crippen LogP contribution in [0.5, 0.6) is 0 Å². The Morgan fingerprint density at radius 3 is 0.603 bits per heavy atom. The van der Waals surface area contributed by atoms with Crippen LogP contribution in [0.2, 0.25) is 0 Å². The van der Waals surface area contributed by atoms with E-state index in [1.807, 2.05) is 0 Å². The lowest BCUT2D eigenvalue weighted by Crippen LogP contribution is -2.24. The summed E-state index contributed by atoms with van der Waals surface area (Å²) in [6, 6.07) is 0. The standard InChI is InChI=1S/C58H120NO3P/c1-4-7-10-12-14-16-18-20-22-24-26-28-30-32-34-36-38-40-42-44-46-48-50-52-54-56-59(63(60,61)62-58-9-6-3)57-55-53-51-49-47-45-43-41-39-37-35-33-31-29-27-25-23-21-19-17-15-13-11-8-5-2/h4-58H2,1-3H3,(H,60,61). The minimum atomic E-state index is -3.70. The maximum atomic E-state index is 13.2. The monoisotopic (exact) mass is 910 g/mol. The maximum absolute atomic E-state index is 13.2. The van der Waals surface area contributed by atoms with Gasteiger partial charge in [0, 0.05) is 13.1 Å². The second kappa shape index (κ2) is 54.7. The lowest BCUT2D eigenvalue weighted by molar-refractivity contribution is 0.195. The Hall–Kier alpha value is 0.110. The number of hydrogen-bond donors (Lipinski definition) is 1. The highest BCUT2D eigenvalue weighted by Gasteiger charge is 2.28. The zero-order chi connectivity index (χ0) is 45.7. The van der Waals surface area contributed by atoms with Crippen LogP contribution in [0.4, 0.5) is 0 Å². The topological polar surface area (TPSA) is 49.8 Å². The molecule has 5 heteroatoms. The molecule has 0 spiro atoms. The third-order valence-corrected chi connectivity index (χ3v) is 15.8. The molecule has 4 nitrogen and oxygen atoms in total. The quantitative estimate of drug-likeness (QED) is 0.0488. The van der Waals surface area contributed by atoms with E-state index in [2.05, 4.69) is 20.8 Å². The molecule has 1 atom stereocenters. The summed E-state index contributed by atoms with van der Waals surface area (Å²) in [5.41, 5.74) is 0. The van der Waals surface area contributed by atoms with E-state index in [9.17, 15) is 9.46 Å². The summed E-state index contributed by atoms with van der Waals surface area (Å²) >= 11 is 0. The Kier molecular flexibility index (Phi) is 54.8. The van der Waals surface area contributed by atoms with Crippen LogP contribution in [0.3, 0.4) is 0 Å². The SMILES string of the molecule is CCCCCCCCCCCCCCCCCCCCCCCCCCCN(CCCCCCCCCCCCCCCCCCCCCCCCCCC)P(=O)(O)OCCCC. The molecular formula is C58H120NO3P. The van der Waals surface area contributed by atoms with Crippen LogP contribution in [0.15, 0.2) is 0 Å². The maximum Gasteiger partial charge on any atom is 0.405 e. The van der Waals surface area contributed by atoms with Gasteiger partial charge in [-0.25, -0.2) is 9.24 Å². The molecule has 0 aromatic carbocycles. The molecular weight excluding hydrogens is 790 g/mol. The zero-order valence-corrected chi connectivity index (χ0v) is 44.9. The van der Waals surface area contributed by atoms with Crippen LogP contribution in [0.1, 0.15) is 355 Å². The molecule has 1 unspecified atom stereocenters. The zero-order valence-electron chi connectivity index (χ0n) is 44.0. The largest absolute Gasteiger partial charge is 0.405 e. The fraction of sp³-hybridized carbons (Fsp3) is 1.00. The molecule has 0 bridgehead atoms. The third kappa shape index (κ3) is 51.3. The minimum Gasteiger partial charge on any atom is -0.312 e. The molecule has 0 aliphatic heterocycles. The summed E-state index contributed by atoms with van der Waals surface area (Å²) in [5, 5.41) is 0. The smallest absolute Gasteiger partial charge is 0.312 e. The van der Waals surface area contributed by atoms with E-state index < -0.39 is 7.75 Å². The van der Waals surface area contributed by atoms with Crippen molar-refractivity contribution in [2.24, 2.45) is 0 Å². The summed E-state index contributed by atoms with van der Waals surface area (Å²) < 4.78 is 20.6. The van der Waals surface area contributed by atoms with Crippen molar-refractivity contribution in [3.8, 4) is 0 Å². The Morgan fingerprint density at radius 1 is 0.270 bits per heavy atom. The van der Waals surface area contributed by atoms with E-state index in [1.54, 1.807) is 4.67 Å². The fourth-order valence-electron chi connectivity index (χ4n) is 9.64. The predicted octanol–water partition coefficient (Wildman–Crippen LogP) is 21.8. The van der Waals surface area contributed by atoms with E-state index in [0.717, 1.165) is 38.5 Å². The van der Waals surface area contributed by atoms with Crippen molar-refractivity contribution in [1.82, 2.24) is 4.67 Å². The van der Waals surface area contributed by atoms with Crippen molar-refractivity contribution in [1.29, 1.82) is 0 Å². The average Bonchev–Trinajstić information content (AvgIpc) is 3.28. The van der Waals surface area contributed by atoms with E-state index >= 15 is 0 Å². The first kappa shape index (κ1) is 63.1. The van der Waals surface area contributed by atoms with Crippen LogP contribution in [0, 0.1) is 0 Å². The molecule has 0 aromatic heterocycles. The lowest BCUT2D eigenvalue weighted by atomic mass is 10.0. The molecule has 0 saturated heterocycles. The Bertz CT molecular complexity index is 815. The number of unbranched alkanes of at least 4 members (excludes halogenated alkanes) is 49. The second-order valence-electron chi connectivity index (χ2n) is 20.6. The summed E-state index contributed by atoms with van der Waals surface area (Å²) in [7, 11) is -3.70. The minimum absolute atomic E-state index is 0.389. The van der Waals surface area contributed by atoms with Crippen LogP contribution in [0.25, 0.3) is 0 Å². The van der Waals surface area contributed by atoms with Crippen LogP contribution >= 0.6 is 7.75 Å². The van der Waals surface area contributed by atoms with Crippen LogP contribution < -0.4 is 0 Å². The Labute approximate surface area is 399 Å². The van der Waals surface area contributed by atoms with Crippen molar-refractivity contribution < 1.29 is 14.0 Å². The van der Waals surface area contributed by atoms with Gasteiger partial charge in [0.1, 0.15) is 0 Å². The number of rotatable bonds is 57. The first-order valence-electron chi connectivity index (χ1n) is 29.8. The highest BCUT2D eigenvalue weighted by atomic mass is 31.2. The van der Waals surface area contributed by atoms with Crippen molar-refractivity contribution in [2.75, 3.05) is 19.7 Å². The molecule has 1 N–H and O–H groups in total. The lowest BCUT2D eigenvalue weighted by Gasteiger charge is -2.26. The van der Waals surface area contributed by atoms with Crippen LogP contribution in [-0.4, -0.2) is 29.3 Å². The first-order chi connectivity index (χ1) is 31.1. The average molecular weight is 911 g/mol. The fourth-order valence-corrected chi connectivity index (χ4v) is 11.0. The normalized spacial score (nSPS) is 12.8. The van der Waals surface area contributed by atoms with Crippen molar-refractivity contribution in [3.05, 3.63) is 0 Å². The van der Waals surface area contributed by atoms with Gasteiger partial charge in [0.25, 0.3) is 0 Å². The summed E-state index contributed by atoms with van der Waals surface area (Å²) in [6.07, 6.45) is 71.6. The highest BCUT2D eigenvalue weighted by molar-refractivity contribution is 7.50. The van der Waals surface area contributed by atoms with Gasteiger partial charge in [0.2, 0.25) is 0 Å². The molecule has 380 valence electrons. The van der Waals surface area contributed by atoms with E-state index in [-0.39, 0.29) is 0 Å². The molecule has 0 aliphatic carbocycles. The molecule has 0 radical (unpaired) electrons. The number of nitrogens with zero attached hydrogens (tertiary/aromatic N) is 1. The van der Waals surface area contributed by atoms with E-state index in [4.69, 9.17) is 4.52 Å². The molecule has 0 aromatic rings. The second-order valence-corrected chi connectivity index (χ2v) is 22.4. The van der Waals surface area contributed by atoms with Gasteiger partial charge in [-0.1, -0.05) is 335 Å². The van der Waals surface area contributed by atoms with Gasteiger partial charge < -0.3 is 4.89 Å². The predicted molar refractivity (Wildman–Crippen MR) is 284 cm³/mol.